The van der Waals surface area contributed by atoms with Crippen molar-refractivity contribution in [1.82, 2.24) is 4.90 Å². The molecule has 0 radical (unpaired) electrons. The minimum atomic E-state index is 1.58. The Morgan fingerprint density at radius 1 is 1.57 bits per heavy atom. The molecule has 0 rings (SSSR count). The molecule has 0 aromatic heterocycles. The predicted octanol–water partition coefficient (Wildman–Crippen LogP) is 0.192. The summed E-state index contributed by atoms with van der Waals surface area (Å²) in [5, 5.41) is 6.74. The number of hydrogen-bond donors (Lipinski definition) is 0. The van der Waals surface area contributed by atoms with Crippen LogP contribution in [0.4, 0.5) is 0 Å². The molecule has 40 valence electrons. The normalized spacial score (nSPS) is 9.43. The van der Waals surface area contributed by atoms with E-state index in [4.69, 9.17) is 0 Å². The van der Waals surface area contributed by atoms with Gasteiger partial charge in [0.25, 0.3) is 0 Å². The lowest BCUT2D eigenvalue weighted by Gasteiger charge is -1.97. The Balaban J connectivity index is 3.25. The summed E-state index contributed by atoms with van der Waals surface area (Å²) in [4.78, 5) is 1.79. The molecule has 0 aromatic rings. The monoisotopic (exact) mass is 99.1 g/mol. The largest absolute Gasteiger partial charge is 0.367 e. The molecule has 7 heavy (non-hydrogen) atoms. The van der Waals surface area contributed by atoms with Crippen LogP contribution in [0.2, 0.25) is 0 Å². The minimum absolute atomic E-state index is 1.58. The lowest BCUT2D eigenvalue weighted by atomic mass is 11.0. The summed E-state index contributed by atoms with van der Waals surface area (Å²) in [6.07, 6.45) is 1.58. The molecule has 0 bridgehead atoms. The minimum Gasteiger partial charge on any atom is -0.367 e. The second-order valence-electron chi connectivity index (χ2n) is 1.34. The Morgan fingerprint density at radius 2 is 2.14 bits per heavy atom. The van der Waals surface area contributed by atoms with Crippen molar-refractivity contribution in [2.24, 2.45) is 10.2 Å². The van der Waals surface area contributed by atoms with Gasteiger partial charge >= 0.3 is 0 Å². The summed E-state index contributed by atoms with van der Waals surface area (Å²) in [5.74, 6) is 0. The fourth-order valence-electron chi connectivity index (χ4n) is 0.140. The lowest BCUT2D eigenvalue weighted by Crippen LogP contribution is -2.06. The van der Waals surface area contributed by atoms with Gasteiger partial charge in [-0.05, 0) is 0 Å². The molecule has 0 aliphatic carbocycles. The zero-order chi connectivity index (χ0) is 5.70. The van der Waals surface area contributed by atoms with Crippen LogP contribution in [0.15, 0.2) is 10.2 Å². The maximum atomic E-state index is 3.49. The van der Waals surface area contributed by atoms with Crippen LogP contribution in [0.1, 0.15) is 0 Å². The van der Waals surface area contributed by atoms with Crippen LogP contribution in [0.25, 0.3) is 0 Å². The Bertz CT molecular complexity index is 75.0. The van der Waals surface area contributed by atoms with E-state index in [1.165, 1.54) is 0 Å². The third-order valence-electron chi connectivity index (χ3n) is 0.364. The molecule has 0 spiro atoms. The number of rotatable bonds is 2. The quantitative estimate of drug-likeness (QED) is 0.276. The third kappa shape index (κ3) is 5.14. The first-order chi connectivity index (χ1) is 3.27. The second-order valence-corrected chi connectivity index (χ2v) is 1.34. The molecule has 0 saturated heterocycles. The first-order valence-electron chi connectivity index (χ1n) is 1.93. The summed E-state index contributed by atoms with van der Waals surface area (Å²) < 4.78 is 0. The second kappa shape index (κ2) is 3.33. The summed E-state index contributed by atoms with van der Waals surface area (Å²) in [5.41, 5.74) is 0. The van der Waals surface area contributed by atoms with Crippen molar-refractivity contribution in [1.29, 1.82) is 0 Å². The van der Waals surface area contributed by atoms with Gasteiger partial charge in [-0.3, -0.25) is 0 Å². The zero-order valence-corrected chi connectivity index (χ0v) is 4.63. The molecule has 0 aliphatic heterocycles. The molecule has 0 unspecified atom stereocenters. The third-order valence-corrected chi connectivity index (χ3v) is 0.364. The van der Waals surface area contributed by atoms with Crippen molar-refractivity contribution >= 4 is 13.1 Å². The van der Waals surface area contributed by atoms with E-state index in [9.17, 15) is 0 Å². The van der Waals surface area contributed by atoms with E-state index in [0.717, 1.165) is 0 Å². The van der Waals surface area contributed by atoms with Gasteiger partial charge in [-0.15, -0.1) is 5.10 Å². The van der Waals surface area contributed by atoms with E-state index < -0.39 is 0 Å². The van der Waals surface area contributed by atoms with Crippen molar-refractivity contribution in [3.05, 3.63) is 0 Å². The molecule has 0 amide bonds. The Kier molecular flexibility index (Phi) is 2.92. The van der Waals surface area contributed by atoms with Crippen LogP contribution in [0.3, 0.4) is 0 Å². The van der Waals surface area contributed by atoms with Crippen LogP contribution in [0.5, 0.6) is 0 Å². The highest BCUT2D eigenvalue weighted by Gasteiger charge is 1.69. The zero-order valence-electron chi connectivity index (χ0n) is 4.63. The van der Waals surface area contributed by atoms with Gasteiger partial charge in [0, 0.05) is 20.8 Å². The van der Waals surface area contributed by atoms with Crippen LogP contribution < -0.4 is 0 Å². The average Bonchev–Trinajstić information content (AvgIpc) is 1.61. The van der Waals surface area contributed by atoms with Crippen molar-refractivity contribution < 1.29 is 0 Å². The summed E-state index contributed by atoms with van der Waals surface area (Å²) in [6.45, 7) is 3.16. The molecule has 0 heterocycles. The van der Waals surface area contributed by atoms with Gasteiger partial charge in [0.1, 0.15) is 6.34 Å². The van der Waals surface area contributed by atoms with Gasteiger partial charge in [0.15, 0.2) is 0 Å². The first kappa shape index (κ1) is 6.14. The van der Waals surface area contributed by atoms with Crippen LogP contribution in [-0.2, 0) is 0 Å². The smallest absolute Gasteiger partial charge is 0.113 e. The summed E-state index contributed by atoms with van der Waals surface area (Å²) in [6, 6.07) is 0. The molecule has 3 nitrogen and oxygen atoms in total. The molecule has 0 saturated carbocycles. The lowest BCUT2D eigenvalue weighted by molar-refractivity contribution is 0.640. The Hall–Kier alpha value is -0.860. The molecular formula is C4H9N3. The van der Waals surface area contributed by atoms with Crippen LogP contribution in [-0.4, -0.2) is 32.1 Å². The van der Waals surface area contributed by atoms with Crippen molar-refractivity contribution in [3.63, 3.8) is 0 Å². The van der Waals surface area contributed by atoms with Gasteiger partial charge in [-0.1, -0.05) is 0 Å². The van der Waals surface area contributed by atoms with Crippen molar-refractivity contribution in [3.8, 4) is 0 Å². The molecule has 3 heteroatoms. The number of nitrogens with zero attached hydrogens (tertiary/aromatic N) is 3. The van der Waals surface area contributed by atoms with Gasteiger partial charge < -0.3 is 4.90 Å². The fraction of sp³-hybridized carbons (Fsp3) is 0.500. The van der Waals surface area contributed by atoms with E-state index in [0.29, 0.717) is 0 Å². The van der Waals surface area contributed by atoms with E-state index in [-0.39, 0.29) is 0 Å². The van der Waals surface area contributed by atoms with E-state index >= 15 is 0 Å². The van der Waals surface area contributed by atoms with E-state index in [1.807, 2.05) is 14.1 Å². The van der Waals surface area contributed by atoms with Gasteiger partial charge in [0.2, 0.25) is 0 Å². The molecular weight excluding hydrogens is 90.1 g/mol. The molecule has 0 aliphatic rings. The van der Waals surface area contributed by atoms with Crippen molar-refractivity contribution in [2.75, 3.05) is 14.1 Å². The molecule has 0 aromatic carbocycles. The molecule has 0 fully saturated rings. The van der Waals surface area contributed by atoms with Crippen LogP contribution >= 0.6 is 0 Å². The maximum Gasteiger partial charge on any atom is 0.113 e. The first-order valence-corrected chi connectivity index (χ1v) is 1.93. The van der Waals surface area contributed by atoms with Gasteiger partial charge in [-0.2, -0.15) is 5.10 Å². The topological polar surface area (TPSA) is 28.0 Å². The summed E-state index contributed by atoms with van der Waals surface area (Å²) >= 11 is 0. The van der Waals surface area contributed by atoms with Crippen LogP contribution in [0, 0.1) is 0 Å². The van der Waals surface area contributed by atoms with Crippen molar-refractivity contribution in [2.45, 2.75) is 0 Å². The standard InChI is InChI=1S/C4H9N3/c1-5-6-4-7(2)3/h4H,1H2,2-3H3/b6-4-. The highest BCUT2D eigenvalue weighted by molar-refractivity contribution is 5.53. The molecule has 0 atom stereocenters. The van der Waals surface area contributed by atoms with Gasteiger partial charge in [-0.25, -0.2) is 0 Å². The Labute approximate surface area is 43.4 Å². The fourth-order valence-corrected chi connectivity index (χ4v) is 0.140. The highest BCUT2D eigenvalue weighted by atomic mass is 15.2. The summed E-state index contributed by atoms with van der Waals surface area (Å²) in [7, 11) is 3.74. The highest BCUT2D eigenvalue weighted by Crippen LogP contribution is 1.65. The Morgan fingerprint density at radius 3 is 2.29 bits per heavy atom. The number of hydrogen-bond acceptors (Lipinski definition) is 2. The van der Waals surface area contributed by atoms with Gasteiger partial charge in [0.05, 0.1) is 0 Å². The maximum absolute atomic E-state index is 3.49. The predicted molar refractivity (Wildman–Crippen MR) is 31.7 cm³/mol. The molecule has 0 N–H and O–H groups in total. The SMILES string of the molecule is C=N/N=C\N(C)C. The van der Waals surface area contributed by atoms with E-state index in [2.05, 4.69) is 16.9 Å². The average molecular weight is 99.1 g/mol. The van der Waals surface area contributed by atoms with E-state index in [1.54, 1.807) is 11.2 Å².